The zero-order valence-electron chi connectivity index (χ0n) is 15.4. The average Bonchev–Trinajstić information content (AvgIpc) is 2.97. The van der Waals surface area contributed by atoms with Gasteiger partial charge in [-0.1, -0.05) is 35.6 Å². The van der Waals surface area contributed by atoms with E-state index in [1.165, 1.54) is 6.26 Å². The lowest BCUT2D eigenvalue weighted by atomic mass is 9.88. The number of hydrazine groups is 1. The molecule has 0 radical (unpaired) electrons. The van der Waals surface area contributed by atoms with Gasteiger partial charge in [0.05, 0.1) is 25.8 Å². The Balaban J connectivity index is 2.01. The Bertz CT molecular complexity index is 807. The van der Waals surface area contributed by atoms with Crippen molar-refractivity contribution in [3.8, 4) is 11.8 Å². The van der Waals surface area contributed by atoms with Gasteiger partial charge in [0.15, 0.2) is 4.75 Å². The van der Waals surface area contributed by atoms with Gasteiger partial charge in [-0.3, -0.25) is 13.9 Å². The minimum atomic E-state index is -1.55. The van der Waals surface area contributed by atoms with Gasteiger partial charge in [-0.2, -0.15) is 0 Å². The van der Waals surface area contributed by atoms with Crippen molar-refractivity contribution in [3.63, 3.8) is 0 Å². The van der Waals surface area contributed by atoms with E-state index in [2.05, 4.69) is 22.2 Å². The van der Waals surface area contributed by atoms with Crippen LogP contribution in [0.2, 0.25) is 5.02 Å². The minimum Gasteiger partial charge on any atom is -0.379 e. The molecule has 1 amide bonds. The van der Waals surface area contributed by atoms with E-state index < -0.39 is 33.5 Å². The molecule has 10 heteroatoms. The van der Waals surface area contributed by atoms with E-state index in [4.69, 9.17) is 33.8 Å². The Morgan fingerprint density at radius 2 is 2.04 bits per heavy atom. The van der Waals surface area contributed by atoms with Crippen molar-refractivity contribution in [1.82, 2.24) is 14.9 Å². The van der Waals surface area contributed by atoms with Gasteiger partial charge in [0, 0.05) is 35.2 Å². The molecule has 4 atom stereocenters. The van der Waals surface area contributed by atoms with Gasteiger partial charge < -0.3 is 10.5 Å². The van der Waals surface area contributed by atoms with Crippen LogP contribution in [0.25, 0.3) is 0 Å². The molecule has 0 bridgehead atoms. The summed E-state index contributed by atoms with van der Waals surface area (Å²) in [4.78, 5) is 14.4. The fourth-order valence-electron chi connectivity index (χ4n) is 3.50. The molecule has 28 heavy (non-hydrogen) atoms. The molecule has 4 unspecified atom stereocenters. The highest BCUT2D eigenvalue weighted by molar-refractivity contribution is 7.86. The van der Waals surface area contributed by atoms with Crippen molar-refractivity contribution >= 4 is 40.1 Å². The average molecular weight is 445 g/mol. The van der Waals surface area contributed by atoms with E-state index in [-0.39, 0.29) is 0 Å². The summed E-state index contributed by atoms with van der Waals surface area (Å²) >= 11 is 12.3. The number of nitrogens with two attached hydrogens (primary N) is 1. The number of amides is 1. The summed E-state index contributed by atoms with van der Waals surface area (Å²) < 4.78 is 18.1. The van der Waals surface area contributed by atoms with Crippen molar-refractivity contribution in [2.24, 2.45) is 5.73 Å². The number of rotatable bonds is 4. The van der Waals surface area contributed by atoms with Crippen LogP contribution in [0.5, 0.6) is 0 Å². The Hall–Kier alpha value is -1.18. The van der Waals surface area contributed by atoms with E-state index in [1.54, 1.807) is 24.3 Å². The highest BCUT2D eigenvalue weighted by atomic mass is 35.5. The highest BCUT2D eigenvalue weighted by Gasteiger charge is 2.60. The lowest BCUT2D eigenvalue weighted by molar-refractivity contribution is -0.121. The van der Waals surface area contributed by atoms with Gasteiger partial charge in [-0.05, 0) is 29.5 Å². The molecule has 0 aromatic heterocycles. The number of carbonyl (C=O) groups excluding carboxylic acids is 1. The van der Waals surface area contributed by atoms with Crippen molar-refractivity contribution in [2.75, 3.05) is 39.1 Å². The molecule has 3 N–H and O–H groups in total. The predicted molar refractivity (Wildman–Crippen MR) is 110 cm³/mol. The van der Waals surface area contributed by atoms with Gasteiger partial charge in [-0.15, -0.1) is 4.53 Å². The maximum Gasteiger partial charge on any atom is 0.240 e. The minimum absolute atomic E-state index is 0.476. The number of benzene rings is 1. The molecule has 2 aliphatic rings. The molecule has 1 aromatic rings. The zero-order valence-corrected chi connectivity index (χ0v) is 17.7. The third kappa shape index (κ3) is 4.21. The van der Waals surface area contributed by atoms with Gasteiger partial charge >= 0.3 is 0 Å². The standard InChI is InChI=1S/C18H22Cl2N4O3S/c1-28(26)18(7-2-8-23-9-11-27-12-10-23)15(13-3-5-14(19)6-4-13)22-24(20)16(18)17(21)25/h3-6,15-16,22H,8-12H2,1H3,(H2,21,25). The van der Waals surface area contributed by atoms with Crippen molar-refractivity contribution in [2.45, 2.75) is 16.8 Å². The molecule has 1 aromatic carbocycles. The second-order valence-electron chi connectivity index (χ2n) is 6.67. The Morgan fingerprint density at radius 1 is 1.39 bits per heavy atom. The second kappa shape index (κ2) is 9.09. The quantitative estimate of drug-likeness (QED) is 0.523. The van der Waals surface area contributed by atoms with E-state index in [9.17, 15) is 9.00 Å². The lowest BCUT2D eigenvalue weighted by Crippen LogP contribution is -2.54. The number of nitrogens with one attached hydrogen (secondary N) is 1. The summed E-state index contributed by atoms with van der Waals surface area (Å²) in [6.45, 7) is 3.33. The van der Waals surface area contributed by atoms with E-state index >= 15 is 0 Å². The first-order chi connectivity index (χ1) is 13.4. The smallest absolute Gasteiger partial charge is 0.240 e. The summed E-state index contributed by atoms with van der Waals surface area (Å²) in [5, 5.41) is 0.567. The van der Waals surface area contributed by atoms with Gasteiger partial charge in [0.1, 0.15) is 6.04 Å². The first-order valence-electron chi connectivity index (χ1n) is 8.76. The molecule has 2 fully saturated rings. The molecule has 3 rings (SSSR count). The van der Waals surface area contributed by atoms with E-state index in [0.29, 0.717) is 24.8 Å². The number of carbonyl (C=O) groups is 1. The normalized spacial score (nSPS) is 29.8. The van der Waals surface area contributed by atoms with Crippen LogP contribution in [-0.4, -0.2) is 69.4 Å². The largest absolute Gasteiger partial charge is 0.379 e. The number of ether oxygens (including phenoxy) is 1. The summed E-state index contributed by atoms with van der Waals surface area (Å²) in [7, 11) is -1.55. The van der Waals surface area contributed by atoms with E-state index in [0.717, 1.165) is 23.2 Å². The SMILES string of the molecule is CS(=O)C1(C#CCN2CCOCC2)C(c2ccc(Cl)cc2)NN(Cl)C1C(N)=O. The number of halogens is 2. The maximum absolute atomic E-state index is 13.0. The van der Waals surface area contributed by atoms with Crippen LogP contribution in [-0.2, 0) is 20.3 Å². The molecule has 0 spiro atoms. The first kappa shape index (κ1) is 21.5. The third-order valence-electron chi connectivity index (χ3n) is 4.95. The second-order valence-corrected chi connectivity index (χ2v) is 9.05. The molecule has 7 nitrogen and oxygen atoms in total. The van der Waals surface area contributed by atoms with E-state index in [1.807, 2.05) is 0 Å². The fourth-order valence-corrected chi connectivity index (χ4v) is 5.31. The number of morpholine rings is 1. The molecule has 2 heterocycles. The lowest BCUT2D eigenvalue weighted by Gasteiger charge is -2.31. The van der Waals surface area contributed by atoms with Gasteiger partial charge in [-0.25, -0.2) is 5.43 Å². The highest BCUT2D eigenvalue weighted by Crippen LogP contribution is 2.42. The van der Waals surface area contributed by atoms with Crippen LogP contribution in [0.4, 0.5) is 0 Å². The number of hydrogen-bond donors (Lipinski definition) is 2. The third-order valence-corrected chi connectivity index (χ3v) is 7.01. The summed E-state index contributed by atoms with van der Waals surface area (Å²) in [6, 6.07) is 5.36. The van der Waals surface area contributed by atoms with Crippen molar-refractivity contribution in [1.29, 1.82) is 0 Å². The fraction of sp³-hybridized carbons (Fsp3) is 0.500. The summed E-state index contributed by atoms with van der Waals surface area (Å²) in [6.07, 6.45) is 1.51. The number of nitrogens with zero attached hydrogens (tertiary/aromatic N) is 2. The van der Waals surface area contributed by atoms with Crippen LogP contribution >= 0.6 is 23.4 Å². The van der Waals surface area contributed by atoms with Crippen LogP contribution in [0.15, 0.2) is 24.3 Å². The van der Waals surface area contributed by atoms with Crippen LogP contribution < -0.4 is 11.2 Å². The Kier molecular flexibility index (Phi) is 6.99. The summed E-state index contributed by atoms with van der Waals surface area (Å²) in [5.41, 5.74) is 9.39. The predicted octanol–water partition coefficient (Wildman–Crippen LogP) is 0.662. The summed E-state index contributed by atoms with van der Waals surface area (Å²) in [5.74, 6) is 5.52. The topological polar surface area (TPSA) is 87.9 Å². The molecule has 0 saturated carbocycles. The molecule has 0 aliphatic carbocycles. The van der Waals surface area contributed by atoms with Crippen LogP contribution in [0.1, 0.15) is 11.6 Å². The first-order valence-corrected chi connectivity index (χ1v) is 11.0. The monoisotopic (exact) mass is 444 g/mol. The molecule has 152 valence electrons. The van der Waals surface area contributed by atoms with Crippen LogP contribution in [0.3, 0.4) is 0 Å². The molecular formula is C18H22Cl2N4O3S. The zero-order chi connectivity index (χ0) is 20.3. The van der Waals surface area contributed by atoms with Crippen molar-refractivity contribution < 1.29 is 13.7 Å². The molecule has 2 saturated heterocycles. The Morgan fingerprint density at radius 3 is 2.61 bits per heavy atom. The number of primary amides is 1. The van der Waals surface area contributed by atoms with Crippen molar-refractivity contribution in [3.05, 3.63) is 34.9 Å². The van der Waals surface area contributed by atoms with Gasteiger partial charge in [0.25, 0.3) is 0 Å². The molecule has 2 aliphatic heterocycles. The Labute approximate surface area is 177 Å². The maximum atomic E-state index is 13.0. The van der Waals surface area contributed by atoms with Gasteiger partial charge in [0.2, 0.25) is 5.91 Å². The number of hydrogen-bond acceptors (Lipinski definition) is 6. The molecular weight excluding hydrogens is 423 g/mol. The van der Waals surface area contributed by atoms with Crippen LogP contribution in [0, 0.1) is 11.8 Å².